The number of hydrogen-bond donors (Lipinski definition) is 0. The number of hydrogen-bond acceptors (Lipinski definition) is 1. The van der Waals surface area contributed by atoms with Crippen molar-refractivity contribution in [2.75, 3.05) is 0 Å². The predicted molar refractivity (Wildman–Crippen MR) is 94.8 cm³/mol. The van der Waals surface area contributed by atoms with Gasteiger partial charge < -0.3 is 0 Å². The predicted octanol–water partition coefficient (Wildman–Crippen LogP) is 4.28. The van der Waals surface area contributed by atoms with Crippen LogP contribution in [-0.4, -0.2) is 19.6 Å². The Bertz CT molecular complexity index is 838. The van der Waals surface area contributed by atoms with Gasteiger partial charge in [0.05, 0.1) is 0 Å². The molecule has 112 valence electrons. The zero-order valence-electron chi connectivity index (χ0n) is 12.8. The molecular formula is C21H16OSe. The summed E-state index contributed by atoms with van der Waals surface area (Å²) in [4.78, 5) is 13.3. The molecule has 0 unspecified atom stereocenters. The second-order valence-corrected chi connectivity index (χ2v) is 7.33. The van der Waals surface area contributed by atoms with Crippen LogP contribution in [0, 0.1) is 0 Å². The molecule has 1 aliphatic carbocycles. The van der Waals surface area contributed by atoms with Crippen molar-refractivity contribution in [1.82, 2.24) is 0 Å². The fraction of sp³-hybridized carbons (Fsp3) is 0.0952. The van der Waals surface area contributed by atoms with Crippen LogP contribution in [0.25, 0.3) is 11.1 Å². The Balaban J connectivity index is 2.17. The van der Waals surface area contributed by atoms with E-state index < -0.39 is 5.41 Å². The Morgan fingerprint density at radius 1 is 0.739 bits per heavy atom. The first-order chi connectivity index (χ1) is 11.3. The molecule has 0 amide bonds. The average molecular weight is 363 g/mol. The summed E-state index contributed by atoms with van der Waals surface area (Å²) in [5, 5.41) is 0. The van der Waals surface area contributed by atoms with Crippen LogP contribution >= 0.6 is 0 Å². The molecule has 3 aromatic carbocycles. The molecule has 0 atom stereocenters. The Hall–Kier alpha value is -2.15. The summed E-state index contributed by atoms with van der Waals surface area (Å²) in [6.45, 7) is 0. The van der Waals surface area contributed by atoms with Gasteiger partial charge in [0.1, 0.15) is 0 Å². The average Bonchev–Trinajstić information content (AvgIpc) is 2.93. The number of benzene rings is 3. The molecule has 0 aliphatic heterocycles. The van der Waals surface area contributed by atoms with E-state index in [2.05, 4.69) is 48.5 Å². The second-order valence-electron chi connectivity index (χ2n) is 5.70. The molecule has 0 aromatic heterocycles. The Morgan fingerprint density at radius 3 is 1.74 bits per heavy atom. The molecule has 4 rings (SSSR count). The van der Waals surface area contributed by atoms with Crippen LogP contribution < -0.4 is 0 Å². The van der Waals surface area contributed by atoms with Crippen molar-refractivity contribution in [2.24, 2.45) is 0 Å². The van der Waals surface area contributed by atoms with Gasteiger partial charge in [-0.1, -0.05) is 0 Å². The van der Waals surface area contributed by atoms with Crippen molar-refractivity contribution in [3.63, 3.8) is 0 Å². The van der Waals surface area contributed by atoms with Gasteiger partial charge in [-0.15, -0.1) is 0 Å². The summed E-state index contributed by atoms with van der Waals surface area (Å²) < 4.78 is 0.314. The third kappa shape index (κ3) is 1.89. The van der Waals surface area contributed by atoms with E-state index in [9.17, 15) is 4.79 Å². The summed E-state index contributed by atoms with van der Waals surface area (Å²) in [5.74, 6) is 2.02. The quantitative estimate of drug-likeness (QED) is 0.635. The third-order valence-corrected chi connectivity index (χ3v) is 6.07. The van der Waals surface area contributed by atoms with Crippen molar-refractivity contribution in [2.45, 2.75) is 11.2 Å². The normalized spacial score (nSPS) is 14.1. The summed E-state index contributed by atoms with van der Waals surface area (Å²) in [6.07, 6.45) is 0. The van der Waals surface area contributed by atoms with E-state index in [1.807, 2.05) is 36.2 Å². The zero-order chi connectivity index (χ0) is 15.9. The SMILES string of the molecule is C[Se]C(=O)C1(c2ccccc2)c2ccccc2-c2ccccc21. The van der Waals surface area contributed by atoms with Gasteiger partial charge in [-0.05, 0) is 0 Å². The van der Waals surface area contributed by atoms with Gasteiger partial charge in [-0.3, -0.25) is 0 Å². The summed E-state index contributed by atoms with van der Waals surface area (Å²) in [7, 11) is 0. The van der Waals surface area contributed by atoms with Crippen LogP contribution in [0.1, 0.15) is 16.7 Å². The van der Waals surface area contributed by atoms with E-state index in [-0.39, 0.29) is 15.0 Å². The fourth-order valence-electron chi connectivity index (χ4n) is 3.73. The van der Waals surface area contributed by atoms with Crippen LogP contribution in [0.15, 0.2) is 78.9 Å². The van der Waals surface area contributed by atoms with Crippen molar-refractivity contribution in [3.8, 4) is 11.1 Å². The van der Waals surface area contributed by atoms with Crippen LogP contribution in [0.2, 0.25) is 5.82 Å². The van der Waals surface area contributed by atoms with Crippen molar-refractivity contribution < 1.29 is 4.79 Å². The fourth-order valence-corrected chi connectivity index (χ4v) is 5.08. The maximum absolute atomic E-state index is 13.3. The third-order valence-electron chi connectivity index (χ3n) is 4.65. The minimum atomic E-state index is -0.650. The first-order valence-corrected chi connectivity index (χ1v) is 10.2. The molecule has 0 radical (unpaired) electrons. The van der Waals surface area contributed by atoms with E-state index >= 15 is 0 Å². The molecule has 1 aliphatic rings. The van der Waals surface area contributed by atoms with Gasteiger partial charge in [-0.25, -0.2) is 0 Å². The van der Waals surface area contributed by atoms with E-state index in [0.717, 1.165) is 16.7 Å². The number of carbonyl (C=O) groups is 1. The molecule has 0 fully saturated rings. The number of fused-ring (bicyclic) bond motifs is 3. The number of rotatable bonds is 3. The molecule has 0 bridgehead atoms. The van der Waals surface area contributed by atoms with Crippen LogP contribution in [0.3, 0.4) is 0 Å². The molecule has 23 heavy (non-hydrogen) atoms. The molecule has 0 saturated carbocycles. The topological polar surface area (TPSA) is 17.1 Å². The molecular weight excluding hydrogens is 347 g/mol. The monoisotopic (exact) mass is 364 g/mol. The van der Waals surface area contributed by atoms with Crippen LogP contribution in [-0.2, 0) is 10.2 Å². The van der Waals surface area contributed by atoms with Crippen molar-refractivity contribution >= 4 is 19.6 Å². The Labute approximate surface area is 142 Å². The molecule has 2 heteroatoms. The molecule has 0 saturated heterocycles. The molecule has 0 heterocycles. The van der Waals surface area contributed by atoms with E-state index in [1.54, 1.807) is 0 Å². The van der Waals surface area contributed by atoms with E-state index in [4.69, 9.17) is 0 Å². The standard InChI is InChI=1S/C21H16OSe/c1-23-20(22)21(15-9-3-2-4-10-15)18-13-7-5-11-16(18)17-12-6-8-14-19(17)21/h2-14H,1H3. The van der Waals surface area contributed by atoms with Crippen molar-refractivity contribution in [1.29, 1.82) is 0 Å². The van der Waals surface area contributed by atoms with E-state index in [0.29, 0.717) is 4.68 Å². The summed E-state index contributed by atoms with van der Waals surface area (Å²) >= 11 is -0.0829. The second kappa shape index (κ2) is 5.49. The van der Waals surface area contributed by atoms with Gasteiger partial charge in [0.25, 0.3) is 0 Å². The van der Waals surface area contributed by atoms with Gasteiger partial charge in [0.2, 0.25) is 0 Å². The van der Waals surface area contributed by atoms with Gasteiger partial charge in [0, 0.05) is 0 Å². The van der Waals surface area contributed by atoms with E-state index in [1.165, 1.54) is 11.1 Å². The van der Waals surface area contributed by atoms with Gasteiger partial charge in [0.15, 0.2) is 0 Å². The van der Waals surface area contributed by atoms with Gasteiger partial charge >= 0.3 is 142 Å². The molecule has 0 spiro atoms. The minimum absolute atomic E-state index is 0.0829. The summed E-state index contributed by atoms with van der Waals surface area (Å²) in [5.41, 5.74) is 5.05. The van der Waals surface area contributed by atoms with Crippen LogP contribution in [0.4, 0.5) is 0 Å². The Kier molecular flexibility index (Phi) is 3.45. The summed E-state index contributed by atoms with van der Waals surface area (Å²) in [6, 6.07) is 26.9. The molecule has 0 N–H and O–H groups in total. The number of carbonyl (C=O) groups excluding carboxylic acids is 1. The molecule has 1 nitrogen and oxygen atoms in total. The zero-order valence-corrected chi connectivity index (χ0v) is 14.5. The maximum atomic E-state index is 13.3. The van der Waals surface area contributed by atoms with Gasteiger partial charge in [-0.2, -0.15) is 0 Å². The Morgan fingerprint density at radius 2 is 1.22 bits per heavy atom. The van der Waals surface area contributed by atoms with Crippen LogP contribution in [0.5, 0.6) is 0 Å². The molecule has 3 aromatic rings. The van der Waals surface area contributed by atoms with Crippen molar-refractivity contribution in [3.05, 3.63) is 95.6 Å². The first kappa shape index (κ1) is 14.4. The first-order valence-electron chi connectivity index (χ1n) is 7.63.